The highest BCUT2D eigenvalue weighted by molar-refractivity contribution is 5.77. The average Bonchev–Trinajstić information content (AvgIpc) is 3.22. The quantitative estimate of drug-likeness (QED) is 0.794. The summed E-state index contributed by atoms with van der Waals surface area (Å²) in [5, 5.41) is 10.1. The lowest BCUT2D eigenvalue weighted by molar-refractivity contribution is -0.138. The number of piperazine rings is 1. The standard InChI is InChI=1S/C16H30N2O3/c1-16(2,3)14(19)10-17-6-8-18(9-7-17)15(20)12-21-11-13-4-5-13/h13-14,19H,4-12H2,1-3H3/t14-/m1/s1. The summed E-state index contributed by atoms with van der Waals surface area (Å²) in [6, 6.07) is 0. The third-order valence-electron chi connectivity index (χ3n) is 4.43. The third kappa shape index (κ3) is 5.57. The summed E-state index contributed by atoms with van der Waals surface area (Å²) in [5.41, 5.74) is -0.0936. The zero-order valence-corrected chi connectivity index (χ0v) is 13.7. The Morgan fingerprint density at radius 1 is 1.24 bits per heavy atom. The fourth-order valence-electron chi connectivity index (χ4n) is 2.39. The number of rotatable bonds is 6. The second-order valence-corrected chi connectivity index (χ2v) is 7.52. The Hall–Kier alpha value is -0.650. The Morgan fingerprint density at radius 3 is 2.38 bits per heavy atom. The van der Waals surface area contributed by atoms with Crippen molar-refractivity contribution in [3.05, 3.63) is 0 Å². The Morgan fingerprint density at radius 2 is 1.86 bits per heavy atom. The lowest BCUT2D eigenvalue weighted by Gasteiger charge is -2.38. The highest BCUT2D eigenvalue weighted by Crippen LogP contribution is 2.28. The smallest absolute Gasteiger partial charge is 0.248 e. The van der Waals surface area contributed by atoms with Gasteiger partial charge in [0.1, 0.15) is 6.61 Å². The minimum Gasteiger partial charge on any atom is -0.391 e. The third-order valence-corrected chi connectivity index (χ3v) is 4.43. The summed E-state index contributed by atoms with van der Waals surface area (Å²) in [6.45, 7) is 10.9. The molecule has 1 heterocycles. The highest BCUT2D eigenvalue weighted by Gasteiger charge is 2.28. The van der Waals surface area contributed by atoms with Crippen LogP contribution in [0, 0.1) is 11.3 Å². The summed E-state index contributed by atoms with van der Waals surface area (Å²) in [5.74, 6) is 0.806. The van der Waals surface area contributed by atoms with Crippen molar-refractivity contribution < 1.29 is 14.6 Å². The summed E-state index contributed by atoms with van der Waals surface area (Å²) in [7, 11) is 0. The van der Waals surface area contributed by atoms with E-state index >= 15 is 0 Å². The SMILES string of the molecule is CC(C)(C)[C@H](O)CN1CCN(C(=O)COCC2CC2)CC1. The molecule has 0 aromatic rings. The summed E-state index contributed by atoms with van der Waals surface area (Å²) < 4.78 is 5.46. The van der Waals surface area contributed by atoms with Gasteiger partial charge in [0.05, 0.1) is 12.7 Å². The first kappa shape index (κ1) is 16.7. The predicted octanol–water partition coefficient (Wildman–Crippen LogP) is 0.964. The van der Waals surface area contributed by atoms with Crippen LogP contribution in [0.15, 0.2) is 0 Å². The normalized spacial score (nSPS) is 22.4. The van der Waals surface area contributed by atoms with Gasteiger partial charge in [-0.25, -0.2) is 0 Å². The molecule has 0 bridgehead atoms. The van der Waals surface area contributed by atoms with E-state index in [1.165, 1.54) is 12.8 Å². The molecular formula is C16H30N2O3. The van der Waals surface area contributed by atoms with Gasteiger partial charge in [-0.2, -0.15) is 0 Å². The van der Waals surface area contributed by atoms with Crippen LogP contribution >= 0.6 is 0 Å². The number of β-amino-alcohol motifs (C(OH)–C–C–N with tert-alkyl or cyclic N) is 1. The number of carbonyl (C=O) groups is 1. The van der Waals surface area contributed by atoms with Crippen LogP contribution in [0.25, 0.3) is 0 Å². The molecule has 1 saturated heterocycles. The molecule has 0 unspecified atom stereocenters. The molecule has 2 rings (SSSR count). The van der Waals surface area contributed by atoms with Crippen molar-refractivity contribution in [2.75, 3.05) is 45.9 Å². The molecule has 1 aliphatic heterocycles. The first-order valence-electron chi connectivity index (χ1n) is 8.12. The van der Waals surface area contributed by atoms with E-state index in [2.05, 4.69) is 25.7 Å². The van der Waals surface area contributed by atoms with Gasteiger partial charge >= 0.3 is 0 Å². The molecule has 2 aliphatic rings. The second kappa shape index (κ2) is 7.07. The van der Waals surface area contributed by atoms with Gasteiger partial charge in [0, 0.05) is 32.7 Å². The van der Waals surface area contributed by atoms with Crippen molar-refractivity contribution in [2.24, 2.45) is 11.3 Å². The van der Waals surface area contributed by atoms with Gasteiger partial charge in [-0.05, 0) is 24.2 Å². The Balaban J connectivity index is 1.63. The fourth-order valence-corrected chi connectivity index (χ4v) is 2.39. The van der Waals surface area contributed by atoms with Crippen molar-refractivity contribution >= 4 is 5.91 Å². The van der Waals surface area contributed by atoms with Crippen LogP contribution in [0.1, 0.15) is 33.6 Å². The monoisotopic (exact) mass is 298 g/mol. The van der Waals surface area contributed by atoms with Crippen LogP contribution in [0.5, 0.6) is 0 Å². The molecule has 1 amide bonds. The second-order valence-electron chi connectivity index (χ2n) is 7.52. The molecule has 0 spiro atoms. The molecule has 1 atom stereocenters. The largest absolute Gasteiger partial charge is 0.391 e. The number of carbonyl (C=O) groups excluding carboxylic acids is 1. The first-order chi connectivity index (χ1) is 9.86. The molecule has 1 N–H and O–H groups in total. The fraction of sp³-hybridized carbons (Fsp3) is 0.938. The number of hydrogen-bond donors (Lipinski definition) is 1. The summed E-state index contributed by atoms with van der Waals surface area (Å²) >= 11 is 0. The van der Waals surface area contributed by atoms with E-state index in [-0.39, 0.29) is 24.0 Å². The lowest BCUT2D eigenvalue weighted by Crippen LogP contribution is -2.52. The topological polar surface area (TPSA) is 53.0 Å². The average molecular weight is 298 g/mol. The minimum absolute atomic E-state index is 0.0936. The summed E-state index contributed by atoms with van der Waals surface area (Å²) in [4.78, 5) is 16.1. The van der Waals surface area contributed by atoms with Crippen LogP contribution in [-0.4, -0.2) is 72.9 Å². The Bertz CT molecular complexity index is 342. The molecule has 1 aliphatic carbocycles. The van der Waals surface area contributed by atoms with Crippen LogP contribution < -0.4 is 0 Å². The van der Waals surface area contributed by atoms with Crippen molar-refractivity contribution in [3.63, 3.8) is 0 Å². The number of ether oxygens (including phenoxy) is 1. The number of aliphatic hydroxyl groups is 1. The van der Waals surface area contributed by atoms with E-state index in [1.54, 1.807) is 0 Å². The van der Waals surface area contributed by atoms with Crippen molar-refractivity contribution in [2.45, 2.75) is 39.7 Å². The molecule has 21 heavy (non-hydrogen) atoms. The zero-order valence-electron chi connectivity index (χ0n) is 13.7. The van der Waals surface area contributed by atoms with E-state index in [0.29, 0.717) is 12.5 Å². The van der Waals surface area contributed by atoms with Gasteiger partial charge in [0.2, 0.25) is 5.91 Å². The van der Waals surface area contributed by atoms with Gasteiger partial charge in [-0.1, -0.05) is 20.8 Å². The van der Waals surface area contributed by atoms with Gasteiger partial charge in [-0.3, -0.25) is 9.69 Å². The van der Waals surface area contributed by atoms with Gasteiger partial charge in [0.25, 0.3) is 0 Å². The van der Waals surface area contributed by atoms with E-state index < -0.39 is 0 Å². The van der Waals surface area contributed by atoms with Gasteiger partial charge < -0.3 is 14.7 Å². The molecular weight excluding hydrogens is 268 g/mol. The summed E-state index contributed by atoms with van der Waals surface area (Å²) in [6.07, 6.45) is 2.17. The van der Waals surface area contributed by atoms with Crippen molar-refractivity contribution in [3.8, 4) is 0 Å². The number of nitrogens with zero attached hydrogens (tertiary/aromatic N) is 2. The van der Waals surface area contributed by atoms with E-state index in [0.717, 1.165) is 32.8 Å². The molecule has 122 valence electrons. The lowest BCUT2D eigenvalue weighted by atomic mass is 9.89. The minimum atomic E-state index is -0.332. The maximum Gasteiger partial charge on any atom is 0.248 e. The highest BCUT2D eigenvalue weighted by atomic mass is 16.5. The van der Waals surface area contributed by atoms with Crippen LogP contribution in [-0.2, 0) is 9.53 Å². The van der Waals surface area contributed by atoms with Crippen LogP contribution in [0.3, 0.4) is 0 Å². The van der Waals surface area contributed by atoms with Crippen molar-refractivity contribution in [1.29, 1.82) is 0 Å². The molecule has 0 radical (unpaired) electrons. The Labute approximate surface area is 128 Å². The molecule has 0 aromatic carbocycles. The van der Waals surface area contributed by atoms with Gasteiger partial charge in [-0.15, -0.1) is 0 Å². The predicted molar refractivity (Wildman–Crippen MR) is 82.0 cm³/mol. The van der Waals surface area contributed by atoms with Crippen LogP contribution in [0.2, 0.25) is 0 Å². The number of aliphatic hydroxyl groups excluding tert-OH is 1. The van der Waals surface area contributed by atoms with E-state index in [1.807, 2.05) is 4.90 Å². The Kier molecular flexibility index (Phi) is 5.63. The van der Waals surface area contributed by atoms with E-state index in [9.17, 15) is 9.90 Å². The maximum atomic E-state index is 12.0. The van der Waals surface area contributed by atoms with E-state index in [4.69, 9.17) is 4.74 Å². The van der Waals surface area contributed by atoms with Crippen LogP contribution in [0.4, 0.5) is 0 Å². The van der Waals surface area contributed by atoms with Crippen molar-refractivity contribution in [1.82, 2.24) is 9.80 Å². The molecule has 5 nitrogen and oxygen atoms in total. The first-order valence-corrected chi connectivity index (χ1v) is 8.12. The molecule has 5 heteroatoms. The molecule has 0 aromatic heterocycles. The molecule has 2 fully saturated rings. The number of amides is 1. The maximum absolute atomic E-state index is 12.0. The molecule has 1 saturated carbocycles. The number of hydrogen-bond acceptors (Lipinski definition) is 4. The van der Waals surface area contributed by atoms with Gasteiger partial charge in [0.15, 0.2) is 0 Å². The zero-order chi connectivity index (χ0) is 15.5.